The lowest BCUT2D eigenvalue weighted by molar-refractivity contribution is 0.1000. The SMILES string of the molecule is Clc1ccccn1.NC(=O)c1ccc(Cl)nc1. The molecule has 17 heavy (non-hydrogen) atoms. The van der Waals surface area contributed by atoms with Crippen molar-refractivity contribution in [2.24, 2.45) is 5.73 Å². The molecule has 0 aliphatic carbocycles. The molecule has 2 rings (SSSR count). The summed E-state index contributed by atoms with van der Waals surface area (Å²) in [6.45, 7) is 0. The highest BCUT2D eigenvalue weighted by Crippen LogP contribution is 2.03. The number of halogens is 2. The highest BCUT2D eigenvalue weighted by molar-refractivity contribution is 6.29. The van der Waals surface area contributed by atoms with Crippen molar-refractivity contribution in [1.82, 2.24) is 9.97 Å². The van der Waals surface area contributed by atoms with Gasteiger partial charge in [0.1, 0.15) is 10.3 Å². The van der Waals surface area contributed by atoms with Crippen molar-refractivity contribution >= 4 is 29.1 Å². The molecule has 6 heteroatoms. The van der Waals surface area contributed by atoms with E-state index in [4.69, 9.17) is 28.9 Å². The van der Waals surface area contributed by atoms with Crippen LogP contribution in [0.5, 0.6) is 0 Å². The average molecular weight is 270 g/mol. The van der Waals surface area contributed by atoms with Gasteiger partial charge in [-0.15, -0.1) is 0 Å². The van der Waals surface area contributed by atoms with Gasteiger partial charge in [-0.25, -0.2) is 9.97 Å². The third-order valence-electron chi connectivity index (χ3n) is 1.64. The Hall–Kier alpha value is -1.65. The molecule has 0 saturated heterocycles. The van der Waals surface area contributed by atoms with E-state index in [9.17, 15) is 4.79 Å². The zero-order chi connectivity index (χ0) is 12.7. The highest BCUT2D eigenvalue weighted by Gasteiger charge is 1.97. The lowest BCUT2D eigenvalue weighted by Crippen LogP contribution is -2.10. The molecule has 2 aromatic heterocycles. The minimum Gasteiger partial charge on any atom is -0.366 e. The summed E-state index contributed by atoms with van der Waals surface area (Å²) in [5, 5.41) is 0.896. The van der Waals surface area contributed by atoms with Gasteiger partial charge in [0.05, 0.1) is 5.56 Å². The lowest BCUT2D eigenvalue weighted by atomic mass is 10.3. The quantitative estimate of drug-likeness (QED) is 0.809. The summed E-state index contributed by atoms with van der Waals surface area (Å²) in [6.07, 6.45) is 2.99. The number of carbonyl (C=O) groups excluding carboxylic acids is 1. The number of amides is 1. The molecule has 1 amide bonds. The molecule has 88 valence electrons. The maximum atomic E-state index is 10.5. The monoisotopic (exact) mass is 269 g/mol. The molecule has 2 heterocycles. The van der Waals surface area contributed by atoms with E-state index < -0.39 is 5.91 Å². The van der Waals surface area contributed by atoms with Gasteiger partial charge in [0, 0.05) is 12.4 Å². The van der Waals surface area contributed by atoms with E-state index in [-0.39, 0.29) is 0 Å². The normalized spacial score (nSPS) is 9.06. The predicted molar refractivity (Wildman–Crippen MR) is 67.0 cm³/mol. The van der Waals surface area contributed by atoms with Crippen LogP contribution in [0.4, 0.5) is 0 Å². The Morgan fingerprint density at radius 1 is 1.06 bits per heavy atom. The van der Waals surface area contributed by atoms with E-state index in [0.717, 1.165) is 0 Å². The second-order valence-electron chi connectivity index (χ2n) is 2.89. The second-order valence-corrected chi connectivity index (χ2v) is 3.66. The van der Waals surface area contributed by atoms with Crippen LogP contribution in [0.1, 0.15) is 10.4 Å². The summed E-state index contributed by atoms with van der Waals surface area (Å²) >= 11 is 10.9. The van der Waals surface area contributed by atoms with E-state index in [1.807, 2.05) is 12.1 Å². The molecule has 0 atom stereocenters. The largest absolute Gasteiger partial charge is 0.366 e. The minimum absolute atomic E-state index is 0.352. The number of primary amides is 1. The first-order chi connectivity index (χ1) is 8.09. The number of hydrogen-bond acceptors (Lipinski definition) is 3. The van der Waals surface area contributed by atoms with Crippen molar-refractivity contribution in [1.29, 1.82) is 0 Å². The van der Waals surface area contributed by atoms with Gasteiger partial charge >= 0.3 is 0 Å². The third-order valence-corrected chi connectivity index (χ3v) is 2.09. The van der Waals surface area contributed by atoms with Crippen LogP contribution in [0.3, 0.4) is 0 Å². The first-order valence-corrected chi connectivity index (χ1v) is 5.33. The van der Waals surface area contributed by atoms with Crippen LogP contribution in [0.15, 0.2) is 42.7 Å². The molecular weight excluding hydrogens is 261 g/mol. The molecule has 0 bridgehead atoms. The molecule has 0 spiro atoms. The van der Waals surface area contributed by atoms with Gasteiger partial charge in [0.15, 0.2) is 0 Å². The van der Waals surface area contributed by atoms with Crippen molar-refractivity contribution in [2.75, 3.05) is 0 Å². The van der Waals surface area contributed by atoms with Gasteiger partial charge in [0.2, 0.25) is 5.91 Å². The first-order valence-electron chi connectivity index (χ1n) is 4.57. The van der Waals surface area contributed by atoms with Crippen LogP contribution in [0, 0.1) is 0 Å². The van der Waals surface area contributed by atoms with Crippen LogP contribution >= 0.6 is 23.2 Å². The molecule has 2 N–H and O–H groups in total. The van der Waals surface area contributed by atoms with Gasteiger partial charge in [-0.1, -0.05) is 29.3 Å². The molecule has 0 unspecified atom stereocenters. The maximum absolute atomic E-state index is 10.5. The standard InChI is InChI=1S/C6H5ClN2O.C5H4ClN/c7-5-2-1-4(3-9-5)6(8)10;6-5-3-1-2-4-7-5/h1-3H,(H2,8,10);1-4H. The molecule has 0 saturated carbocycles. The number of aromatic nitrogens is 2. The van der Waals surface area contributed by atoms with Gasteiger partial charge in [-0.05, 0) is 24.3 Å². The average Bonchev–Trinajstić information content (AvgIpc) is 2.31. The topological polar surface area (TPSA) is 68.9 Å². The van der Waals surface area contributed by atoms with Crippen molar-refractivity contribution < 1.29 is 4.79 Å². The van der Waals surface area contributed by atoms with Crippen LogP contribution in [-0.4, -0.2) is 15.9 Å². The van der Waals surface area contributed by atoms with Gasteiger partial charge in [-0.2, -0.15) is 0 Å². The fourth-order valence-corrected chi connectivity index (χ4v) is 1.10. The summed E-state index contributed by atoms with van der Waals surface area (Å²) < 4.78 is 0. The van der Waals surface area contributed by atoms with E-state index in [1.54, 1.807) is 12.3 Å². The summed E-state index contributed by atoms with van der Waals surface area (Å²) in [5.74, 6) is -0.496. The van der Waals surface area contributed by atoms with E-state index in [0.29, 0.717) is 15.9 Å². The summed E-state index contributed by atoms with van der Waals surface area (Å²) in [5.41, 5.74) is 5.31. The highest BCUT2D eigenvalue weighted by atomic mass is 35.5. The number of hydrogen-bond donors (Lipinski definition) is 1. The fourth-order valence-electron chi connectivity index (χ4n) is 0.863. The van der Waals surface area contributed by atoms with Crippen LogP contribution < -0.4 is 5.73 Å². The summed E-state index contributed by atoms with van der Waals surface area (Å²) in [4.78, 5) is 17.9. The number of pyridine rings is 2. The molecule has 0 aliphatic heterocycles. The summed E-state index contributed by atoms with van der Waals surface area (Å²) in [7, 11) is 0. The molecule has 4 nitrogen and oxygen atoms in total. The Morgan fingerprint density at radius 2 is 1.76 bits per heavy atom. The fraction of sp³-hybridized carbons (Fsp3) is 0. The van der Waals surface area contributed by atoms with E-state index in [1.165, 1.54) is 18.3 Å². The Balaban J connectivity index is 0.000000181. The Bertz CT molecular complexity index is 474. The second kappa shape index (κ2) is 6.83. The summed E-state index contributed by atoms with van der Waals surface area (Å²) in [6, 6.07) is 8.45. The smallest absolute Gasteiger partial charge is 0.250 e. The molecule has 0 aliphatic rings. The number of carbonyl (C=O) groups is 1. The van der Waals surface area contributed by atoms with Crippen molar-refractivity contribution in [3.63, 3.8) is 0 Å². The van der Waals surface area contributed by atoms with E-state index in [2.05, 4.69) is 9.97 Å². The number of rotatable bonds is 1. The van der Waals surface area contributed by atoms with E-state index >= 15 is 0 Å². The predicted octanol–water partition coefficient (Wildman–Crippen LogP) is 2.57. The third kappa shape index (κ3) is 5.29. The Kier molecular flexibility index (Phi) is 5.39. The van der Waals surface area contributed by atoms with Crippen molar-refractivity contribution in [2.45, 2.75) is 0 Å². The minimum atomic E-state index is -0.496. The van der Waals surface area contributed by atoms with Crippen LogP contribution in [0.2, 0.25) is 10.3 Å². The molecular formula is C11H9Cl2N3O. The zero-order valence-corrected chi connectivity index (χ0v) is 10.2. The van der Waals surface area contributed by atoms with Gasteiger partial charge in [0.25, 0.3) is 0 Å². The van der Waals surface area contributed by atoms with Crippen LogP contribution in [0.25, 0.3) is 0 Å². The van der Waals surface area contributed by atoms with Gasteiger partial charge in [-0.3, -0.25) is 4.79 Å². The lowest BCUT2D eigenvalue weighted by Gasteiger charge is -1.91. The Morgan fingerprint density at radius 3 is 2.12 bits per heavy atom. The van der Waals surface area contributed by atoms with Crippen LogP contribution in [-0.2, 0) is 0 Å². The zero-order valence-electron chi connectivity index (χ0n) is 8.68. The first kappa shape index (κ1) is 13.4. The Labute approximate surface area is 108 Å². The molecule has 2 aromatic rings. The number of nitrogens with two attached hydrogens (primary N) is 1. The maximum Gasteiger partial charge on any atom is 0.250 e. The molecule has 0 radical (unpaired) electrons. The van der Waals surface area contributed by atoms with Crippen molar-refractivity contribution in [3.05, 3.63) is 58.6 Å². The van der Waals surface area contributed by atoms with Crippen molar-refractivity contribution in [3.8, 4) is 0 Å². The number of nitrogens with zero attached hydrogens (tertiary/aromatic N) is 2. The molecule has 0 fully saturated rings. The van der Waals surface area contributed by atoms with Gasteiger partial charge < -0.3 is 5.73 Å². The molecule has 0 aromatic carbocycles.